The average molecular weight is 159 g/mol. The van der Waals surface area contributed by atoms with Crippen LogP contribution in [0.25, 0.3) is 0 Å². The first kappa shape index (κ1) is 10.1. The second-order valence-corrected chi connectivity index (χ2v) is 2.57. The molecule has 0 saturated carbocycles. The molecule has 0 radical (unpaired) electrons. The first-order valence-electron chi connectivity index (χ1n) is 3.24. The molecule has 0 aliphatic heterocycles. The summed E-state index contributed by atoms with van der Waals surface area (Å²) in [4.78, 5) is 10.7. The second kappa shape index (κ2) is 4.10. The molecule has 11 heavy (non-hydrogen) atoms. The highest BCUT2D eigenvalue weighted by Crippen LogP contribution is 1.99. The van der Waals surface area contributed by atoms with Crippen LogP contribution in [0.15, 0.2) is 12.7 Å². The van der Waals surface area contributed by atoms with E-state index in [1.807, 2.05) is 0 Å². The molecular weight excluding hydrogens is 146 g/mol. The molecule has 3 N–H and O–H groups in total. The lowest BCUT2D eigenvalue weighted by molar-refractivity contribution is -0.119. The monoisotopic (exact) mass is 159 g/mol. The molecule has 0 fully saturated rings. The quantitative estimate of drug-likeness (QED) is 0.462. The number of aliphatic hydroxyl groups excluding tert-OH is 2. The van der Waals surface area contributed by atoms with Gasteiger partial charge in [0.15, 0.2) is 0 Å². The van der Waals surface area contributed by atoms with Crippen LogP contribution in [0.3, 0.4) is 0 Å². The largest absolute Gasteiger partial charge is 0.394 e. The highest BCUT2D eigenvalue weighted by molar-refractivity contribution is 5.87. The van der Waals surface area contributed by atoms with Crippen LogP contribution in [0.4, 0.5) is 0 Å². The Morgan fingerprint density at radius 3 is 2.36 bits per heavy atom. The molecule has 1 amide bonds. The van der Waals surface area contributed by atoms with E-state index in [0.717, 1.165) is 6.08 Å². The molecule has 0 saturated heterocycles. The third-order valence-electron chi connectivity index (χ3n) is 1.31. The molecule has 0 atom stereocenters. The van der Waals surface area contributed by atoms with Crippen molar-refractivity contribution in [1.29, 1.82) is 0 Å². The Labute approximate surface area is 65.5 Å². The lowest BCUT2D eigenvalue weighted by Gasteiger charge is -2.25. The minimum Gasteiger partial charge on any atom is -0.394 e. The fourth-order valence-corrected chi connectivity index (χ4v) is 0.478. The van der Waals surface area contributed by atoms with Gasteiger partial charge in [-0.15, -0.1) is 0 Å². The Morgan fingerprint density at radius 2 is 2.09 bits per heavy atom. The van der Waals surface area contributed by atoms with E-state index in [1.165, 1.54) is 6.92 Å². The van der Waals surface area contributed by atoms with Crippen LogP contribution in [0.1, 0.15) is 6.92 Å². The first-order valence-corrected chi connectivity index (χ1v) is 3.24. The molecule has 0 heterocycles. The van der Waals surface area contributed by atoms with Gasteiger partial charge in [0.1, 0.15) is 0 Å². The molecule has 0 aromatic rings. The van der Waals surface area contributed by atoms with E-state index < -0.39 is 11.4 Å². The van der Waals surface area contributed by atoms with Gasteiger partial charge in [-0.2, -0.15) is 0 Å². The number of rotatable bonds is 4. The normalized spacial score (nSPS) is 10.8. The van der Waals surface area contributed by atoms with Crippen molar-refractivity contribution in [1.82, 2.24) is 5.32 Å². The molecule has 0 aliphatic carbocycles. The summed E-state index contributed by atoms with van der Waals surface area (Å²) < 4.78 is 0. The molecule has 0 spiro atoms. The average Bonchev–Trinajstić information content (AvgIpc) is 2.04. The van der Waals surface area contributed by atoms with Crippen molar-refractivity contribution in [2.75, 3.05) is 13.2 Å². The Morgan fingerprint density at radius 1 is 1.64 bits per heavy atom. The van der Waals surface area contributed by atoms with Gasteiger partial charge in [0.2, 0.25) is 5.91 Å². The predicted octanol–water partition coefficient (Wildman–Crippen LogP) is -0.968. The zero-order valence-electron chi connectivity index (χ0n) is 6.50. The zero-order chi connectivity index (χ0) is 8.91. The second-order valence-electron chi connectivity index (χ2n) is 2.57. The van der Waals surface area contributed by atoms with Crippen molar-refractivity contribution >= 4 is 5.91 Å². The molecular formula is C7H13NO3. The third-order valence-corrected chi connectivity index (χ3v) is 1.31. The van der Waals surface area contributed by atoms with Gasteiger partial charge >= 0.3 is 0 Å². The first-order chi connectivity index (χ1) is 5.08. The van der Waals surface area contributed by atoms with Gasteiger partial charge in [-0.05, 0) is 13.0 Å². The fourth-order valence-electron chi connectivity index (χ4n) is 0.478. The van der Waals surface area contributed by atoms with Gasteiger partial charge < -0.3 is 15.5 Å². The van der Waals surface area contributed by atoms with Gasteiger partial charge in [-0.1, -0.05) is 6.58 Å². The Hall–Kier alpha value is -0.870. The Kier molecular flexibility index (Phi) is 3.78. The van der Waals surface area contributed by atoms with Gasteiger partial charge in [0.05, 0.1) is 18.8 Å². The SMILES string of the molecule is C=CC(=O)NC(C)(CO)CO. The summed E-state index contributed by atoms with van der Waals surface area (Å²) in [6, 6.07) is 0. The lowest BCUT2D eigenvalue weighted by Crippen LogP contribution is -2.51. The van der Waals surface area contributed by atoms with E-state index in [-0.39, 0.29) is 13.2 Å². The fraction of sp³-hybridized carbons (Fsp3) is 0.571. The third kappa shape index (κ3) is 3.15. The maximum absolute atomic E-state index is 10.7. The Bertz CT molecular complexity index is 152. The molecule has 0 rings (SSSR count). The molecule has 0 aromatic carbocycles. The zero-order valence-corrected chi connectivity index (χ0v) is 6.50. The molecule has 0 aromatic heterocycles. The van der Waals surface area contributed by atoms with Crippen LogP contribution >= 0.6 is 0 Å². The van der Waals surface area contributed by atoms with E-state index in [0.29, 0.717) is 0 Å². The van der Waals surface area contributed by atoms with E-state index >= 15 is 0 Å². The molecule has 4 heteroatoms. The van der Waals surface area contributed by atoms with Crippen LogP contribution in [0.2, 0.25) is 0 Å². The van der Waals surface area contributed by atoms with Crippen molar-refractivity contribution in [2.45, 2.75) is 12.5 Å². The number of nitrogens with one attached hydrogen (secondary N) is 1. The number of carbonyl (C=O) groups excluding carboxylic acids is 1. The van der Waals surface area contributed by atoms with Crippen LogP contribution in [-0.4, -0.2) is 34.9 Å². The summed E-state index contributed by atoms with van der Waals surface area (Å²) in [6.45, 7) is 4.17. The highest BCUT2D eigenvalue weighted by Gasteiger charge is 2.22. The number of aliphatic hydroxyl groups is 2. The molecule has 0 unspecified atom stereocenters. The number of hydrogen-bond donors (Lipinski definition) is 3. The highest BCUT2D eigenvalue weighted by atomic mass is 16.3. The smallest absolute Gasteiger partial charge is 0.243 e. The van der Waals surface area contributed by atoms with Crippen LogP contribution in [0, 0.1) is 0 Å². The van der Waals surface area contributed by atoms with E-state index in [1.54, 1.807) is 0 Å². The van der Waals surface area contributed by atoms with Crippen LogP contribution in [0.5, 0.6) is 0 Å². The van der Waals surface area contributed by atoms with Crippen molar-refractivity contribution < 1.29 is 15.0 Å². The van der Waals surface area contributed by atoms with Crippen molar-refractivity contribution in [2.24, 2.45) is 0 Å². The summed E-state index contributed by atoms with van der Waals surface area (Å²) >= 11 is 0. The summed E-state index contributed by atoms with van der Waals surface area (Å²) in [5.74, 6) is -0.407. The minimum atomic E-state index is -0.953. The number of amides is 1. The summed E-state index contributed by atoms with van der Waals surface area (Å²) in [5.41, 5.74) is -0.953. The maximum Gasteiger partial charge on any atom is 0.243 e. The van der Waals surface area contributed by atoms with Crippen molar-refractivity contribution in [3.05, 3.63) is 12.7 Å². The number of hydrogen-bond acceptors (Lipinski definition) is 3. The molecule has 64 valence electrons. The molecule has 0 aliphatic rings. The summed E-state index contributed by atoms with van der Waals surface area (Å²) in [5, 5.41) is 19.8. The molecule has 0 bridgehead atoms. The van der Waals surface area contributed by atoms with Gasteiger partial charge in [-0.25, -0.2) is 0 Å². The topological polar surface area (TPSA) is 69.6 Å². The van der Waals surface area contributed by atoms with Gasteiger partial charge in [0, 0.05) is 0 Å². The Balaban J connectivity index is 4.06. The minimum absolute atomic E-state index is 0.302. The molecule has 4 nitrogen and oxygen atoms in total. The lowest BCUT2D eigenvalue weighted by atomic mass is 10.1. The van der Waals surface area contributed by atoms with Crippen LogP contribution < -0.4 is 5.32 Å². The summed E-state index contributed by atoms with van der Waals surface area (Å²) in [6.07, 6.45) is 1.09. The summed E-state index contributed by atoms with van der Waals surface area (Å²) in [7, 11) is 0. The predicted molar refractivity (Wildman–Crippen MR) is 40.9 cm³/mol. The van der Waals surface area contributed by atoms with E-state index in [9.17, 15) is 4.79 Å². The van der Waals surface area contributed by atoms with Crippen LogP contribution in [-0.2, 0) is 4.79 Å². The van der Waals surface area contributed by atoms with Crippen molar-refractivity contribution in [3.8, 4) is 0 Å². The maximum atomic E-state index is 10.7. The van der Waals surface area contributed by atoms with Crippen molar-refractivity contribution in [3.63, 3.8) is 0 Å². The standard InChI is InChI=1S/C7H13NO3/c1-3-6(11)8-7(2,4-9)5-10/h3,9-10H,1,4-5H2,2H3,(H,8,11). The van der Waals surface area contributed by atoms with Gasteiger partial charge in [0.25, 0.3) is 0 Å². The van der Waals surface area contributed by atoms with E-state index in [4.69, 9.17) is 10.2 Å². The van der Waals surface area contributed by atoms with Gasteiger partial charge in [-0.3, -0.25) is 4.79 Å². The number of carbonyl (C=O) groups is 1. The van der Waals surface area contributed by atoms with E-state index in [2.05, 4.69) is 11.9 Å².